The average molecular weight is 260 g/mol. The molecule has 1 heterocycles. The van der Waals surface area contributed by atoms with Crippen molar-refractivity contribution in [3.8, 4) is 0 Å². The number of aryl methyl sites for hydroxylation is 1. The van der Waals surface area contributed by atoms with Crippen molar-refractivity contribution in [1.29, 1.82) is 0 Å². The highest BCUT2D eigenvalue weighted by Gasteiger charge is 2.03. The van der Waals surface area contributed by atoms with Crippen LogP contribution in [0.1, 0.15) is 42.3 Å². The quantitative estimate of drug-likeness (QED) is 0.851. The van der Waals surface area contributed by atoms with Crippen LogP contribution in [-0.4, -0.2) is 4.98 Å². The molecule has 1 aromatic heterocycles. The molecule has 0 bridgehead atoms. The zero-order chi connectivity index (χ0) is 13.0. The Morgan fingerprint density at radius 2 is 2.00 bits per heavy atom. The van der Waals surface area contributed by atoms with Crippen molar-refractivity contribution in [2.45, 2.75) is 39.7 Å². The zero-order valence-electron chi connectivity index (χ0n) is 11.2. The summed E-state index contributed by atoms with van der Waals surface area (Å²) in [4.78, 5) is 5.56. The van der Waals surface area contributed by atoms with E-state index in [1.54, 1.807) is 11.3 Å². The predicted molar refractivity (Wildman–Crippen MR) is 79.3 cm³/mol. The lowest BCUT2D eigenvalue weighted by Crippen LogP contribution is -1.99. The lowest BCUT2D eigenvalue weighted by Gasteiger charge is -2.10. The van der Waals surface area contributed by atoms with E-state index in [1.165, 1.54) is 22.5 Å². The van der Waals surface area contributed by atoms with Crippen molar-refractivity contribution >= 4 is 17.0 Å². The Labute approximate surface area is 113 Å². The standard InChI is InChI=1S/C15H20N2S/c1-4-11(2)13-5-7-14(8-6-13)16-9-15-12(3)17-10-18-15/h5-8,10-11,16H,4,9H2,1-3H3. The number of nitrogens with one attached hydrogen (secondary N) is 1. The van der Waals surface area contributed by atoms with Crippen molar-refractivity contribution in [2.75, 3.05) is 5.32 Å². The van der Waals surface area contributed by atoms with Gasteiger partial charge in [0.05, 0.1) is 17.7 Å². The number of nitrogens with zero attached hydrogens (tertiary/aromatic N) is 1. The highest BCUT2D eigenvalue weighted by atomic mass is 32.1. The Morgan fingerprint density at radius 1 is 1.28 bits per heavy atom. The van der Waals surface area contributed by atoms with Gasteiger partial charge in [-0.3, -0.25) is 0 Å². The van der Waals surface area contributed by atoms with E-state index < -0.39 is 0 Å². The molecule has 0 radical (unpaired) electrons. The fourth-order valence-corrected chi connectivity index (χ4v) is 2.56. The SMILES string of the molecule is CCC(C)c1ccc(NCc2scnc2C)cc1. The summed E-state index contributed by atoms with van der Waals surface area (Å²) in [5.41, 5.74) is 5.62. The molecule has 96 valence electrons. The van der Waals surface area contributed by atoms with Crippen LogP contribution in [0.15, 0.2) is 29.8 Å². The van der Waals surface area contributed by atoms with Gasteiger partial charge in [-0.1, -0.05) is 26.0 Å². The van der Waals surface area contributed by atoms with Gasteiger partial charge in [0.25, 0.3) is 0 Å². The van der Waals surface area contributed by atoms with Crippen LogP contribution in [0, 0.1) is 6.92 Å². The van der Waals surface area contributed by atoms with E-state index in [2.05, 4.69) is 55.3 Å². The van der Waals surface area contributed by atoms with E-state index in [1.807, 2.05) is 5.51 Å². The summed E-state index contributed by atoms with van der Waals surface area (Å²) in [5.74, 6) is 0.641. The number of hydrogen-bond acceptors (Lipinski definition) is 3. The molecule has 2 aromatic rings. The summed E-state index contributed by atoms with van der Waals surface area (Å²) in [5, 5.41) is 3.44. The lowest BCUT2D eigenvalue weighted by molar-refractivity contribution is 0.734. The largest absolute Gasteiger partial charge is 0.380 e. The summed E-state index contributed by atoms with van der Waals surface area (Å²) in [6, 6.07) is 8.77. The van der Waals surface area contributed by atoms with Crippen LogP contribution in [0.2, 0.25) is 0 Å². The minimum Gasteiger partial charge on any atom is -0.380 e. The number of thiazole rings is 1. The monoisotopic (exact) mass is 260 g/mol. The Kier molecular flexibility index (Phi) is 4.37. The van der Waals surface area contributed by atoms with Crippen LogP contribution >= 0.6 is 11.3 Å². The second-order valence-corrected chi connectivity index (χ2v) is 5.59. The fourth-order valence-electron chi connectivity index (χ4n) is 1.84. The van der Waals surface area contributed by atoms with E-state index in [-0.39, 0.29) is 0 Å². The van der Waals surface area contributed by atoms with Gasteiger partial charge in [-0.15, -0.1) is 11.3 Å². The maximum Gasteiger partial charge on any atom is 0.0798 e. The molecule has 0 aliphatic heterocycles. The van der Waals surface area contributed by atoms with E-state index in [9.17, 15) is 0 Å². The van der Waals surface area contributed by atoms with Crippen LogP contribution in [0.3, 0.4) is 0 Å². The van der Waals surface area contributed by atoms with Gasteiger partial charge in [0.15, 0.2) is 0 Å². The first-order chi connectivity index (χ1) is 8.70. The van der Waals surface area contributed by atoms with Crippen LogP contribution < -0.4 is 5.32 Å². The molecular weight excluding hydrogens is 240 g/mol. The van der Waals surface area contributed by atoms with Gasteiger partial charge in [0.1, 0.15) is 0 Å². The number of aromatic nitrogens is 1. The van der Waals surface area contributed by atoms with Crippen molar-refractivity contribution in [2.24, 2.45) is 0 Å². The molecule has 0 aliphatic carbocycles. The van der Waals surface area contributed by atoms with Gasteiger partial charge in [0, 0.05) is 10.6 Å². The molecule has 0 saturated heterocycles. The van der Waals surface area contributed by atoms with E-state index >= 15 is 0 Å². The lowest BCUT2D eigenvalue weighted by atomic mass is 9.99. The summed E-state index contributed by atoms with van der Waals surface area (Å²) >= 11 is 1.71. The summed E-state index contributed by atoms with van der Waals surface area (Å²) in [7, 11) is 0. The number of benzene rings is 1. The molecule has 0 aliphatic rings. The number of anilines is 1. The Bertz CT molecular complexity index is 487. The Hall–Kier alpha value is -1.35. The molecular formula is C15H20N2S. The zero-order valence-corrected chi connectivity index (χ0v) is 12.1. The van der Waals surface area contributed by atoms with Crippen molar-refractivity contribution in [3.63, 3.8) is 0 Å². The van der Waals surface area contributed by atoms with Crippen molar-refractivity contribution in [1.82, 2.24) is 4.98 Å². The van der Waals surface area contributed by atoms with E-state index in [0.717, 1.165) is 12.2 Å². The summed E-state index contributed by atoms with van der Waals surface area (Å²) < 4.78 is 0. The summed E-state index contributed by atoms with van der Waals surface area (Å²) in [6.07, 6.45) is 1.19. The van der Waals surface area contributed by atoms with Gasteiger partial charge in [-0.25, -0.2) is 4.98 Å². The molecule has 1 atom stereocenters. The van der Waals surface area contributed by atoms with Crippen molar-refractivity contribution in [3.05, 3.63) is 45.9 Å². The molecule has 0 fully saturated rings. The van der Waals surface area contributed by atoms with E-state index in [4.69, 9.17) is 0 Å². The predicted octanol–water partition coefficient (Wildman–Crippen LogP) is 4.58. The highest BCUT2D eigenvalue weighted by Crippen LogP contribution is 2.21. The molecule has 18 heavy (non-hydrogen) atoms. The molecule has 3 heteroatoms. The van der Waals surface area contributed by atoms with Gasteiger partial charge in [0.2, 0.25) is 0 Å². The van der Waals surface area contributed by atoms with Crippen molar-refractivity contribution < 1.29 is 0 Å². The first-order valence-electron chi connectivity index (χ1n) is 6.43. The van der Waals surface area contributed by atoms with Crippen LogP contribution in [0.5, 0.6) is 0 Å². The fraction of sp³-hybridized carbons (Fsp3) is 0.400. The second-order valence-electron chi connectivity index (χ2n) is 4.65. The number of hydrogen-bond donors (Lipinski definition) is 1. The molecule has 2 rings (SSSR count). The Morgan fingerprint density at radius 3 is 2.56 bits per heavy atom. The molecule has 1 N–H and O–H groups in total. The summed E-state index contributed by atoms with van der Waals surface area (Å²) in [6.45, 7) is 7.41. The third-order valence-electron chi connectivity index (χ3n) is 3.39. The third kappa shape index (κ3) is 3.10. The maximum atomic E-state index is 4.26. The van der Waals surface area contributed by atoms with Crippen LogP contribution in [-0.2, 0) is 6.54 Å². The minimum absolute atomic E-state index is 0.641. The molecule has 2 nitrogen and oxygen atoms in total. The van der Waals surface area contributed by atoms with Crippen LogP contribution in [0.4, 0.5) is 5.69 Å². The molecule has 0 saturated carbocycles. The van der Waals surface area contributed by atoms with E-state index in [0.29, 0.717) is 5.92 Å². The molecule has 0 spiro atoms. The van der Waals surface area contributed by atoms with Crippen LogP contribution in [0.25, 0.3) is 0 Å². The molecule has 1 aromatic carbocycles. The average Bonchev–Trinajstić information content (AvgIpc) is 2.81. The third-order valence-corrected chi connectivity index (χ3v) is 4.33. The Balaban J connectivity index is 1.96. The number of rotatable bonds is 5. The molecule has 1 unspecified atom stereocenters. The normalized spacial score (nSPS) is 12.4. The second kappa shape index (κ2) is 6.01. The maximum absolute atomic E-state index is 4.26. The topological polar surface area (TPSA) is 24.9 Å². The van der Waals surface area contributed by atoms with Gasteiger partial charge in [-0.05, 0) is 37.0 Å². The van der Waals surface area contributed by atoms with Gasteiger partial charge < -0.3 is 5.32 Å². The first kappa shape index (κ1) is 13.1. The van der Waals surface area contributed by atoms with Gasteiger partial charge >= 0.3 is 0 Å². The molecule has 0 amide bonds. The van der Waals surface area contributed by atoms with Gasteiger partial charge in [-0.2, -0.15) is 0 Å². The first-order valence-corrected chi connectivity index (χ1v) is 7.31. The highest BCUT2D eigenvalue weighted by molar-refractivity contribution is 7.09. The minimum atomic E-state index is 0.641. The smallest absolute Gasteiger partial charge is 0.0798 e.